The molecule has 2 rings (SSSR count). The van der Waals surface area contributed by atoms with Crippen LogP contribution in [0.1, 0.15) is 31.3 Å². The van der Waals surface area contributed by atoms with Crippen molar-refractivity contribution < 1.29 is 4.74 Å². The van der Waals surface area contributed by atoms with Crippen LogP contribution >= 0.6 is 11.3 Å². The fourth-order valence-corrected chi connectivity index (χ4v) is 3.01. The van der Waals surface area contributed by atoms with Crippen molar-refractivity contribution in [2.75, 3.05) is 13.7 Å². The number of thiazole rings is 1. The van der Waals surface area contributed by atoms with Crippen LogP contribution in [0, 0.1) is 5.92 Å². The highest BCUT2D eigenvalue weighted by Crippen LogP contribution is 2.29. The van der Waals surface area contributed by atoms with E-state index in [9.17, 15) is 0 Å². The van der Waals surface area contributed by atoms with Crippen LogP contribution in [0.2, 0.25) is 0 Å². The van der Waals surface area contributed by atoms with Crippen molar-refractivity contribution in [2.45, 2.75) is 33.7 Å². The maximum Gasteiger partial charge on any atom is 0.216 e. The summed E-state index contributed by atoms with van der Waals surface area (Å²) in [4.78, 5) is 14.4. The first-order valence-corrected chi connectivity index (χ1v) is 8.01. The van der Waals surface area contributed by atoms with Crippen LogP contribution in [-0.2, 0) is 13.0 Å². The molecular weight excluding hydrogens is 284 g/mol. The van der Waals surface area contributed by atoms with E-state index in [1.165, 1.54) is 16.9 Å². The zero-order valence-corrected chi connectivity index (χ0v) is 13.8. The van der Waals surface area contributed by atoms with Gasteiger partial charge < -0.3 is 10.1 Å². The zero-order chi connectivity index (χ0) is 15.2. The Morgan fingerprint density at radius 3 is 2.81 bits per heavy atom. The van der Waals surface area contributed by atoms with Gasteiger partial charge in [0.25, 0.3) is 0 Å². The van der Waals surface area contributed by atoms with Gasteiger partial charge in [-0.05, 0) is 18.9 Å². The predicted octanol–water partition coefficient (Wildman–Crippen LogP) is 2.92. The first-order chi connectivity index (χ1) is 10.1. The quantitative estimate of drug-likeness (QED) is 0.852. The van der Waals surface area contributed by atoms with E-state index in [2.05, 4.69) is 36.1 Å². The van der Waals surface area contributed by atoms with Gasteiger partial charge in [0, 0.05) is 17.5 Å². The number of hydrogen-bond donors (Lipinski definition) is 1. The second-order valence-corrected chi connectivity index (χ2v) is 6.30. The molecule has 6 heteroatoms. The lowest BCUT2D eigenvalue weighted by molar-refractivity contribution is 0.397. The topological polar surface area (TPSA) is 59.9 Å². The number of aromatic nitrogens is 3. The molecule has 0 radical (unpaired) electrons. The molecule has 0 fully saturated rings. The summed E-state index contributed by atoms with van der Waals surface area (Å²) in [5, 5.41) is 4.31. The number of ether oxygens (including phenoxy) is 1. The minimum atomic E-state index is 0.564. The van der Waals surface area contributed by atoms with E-state index < -0.39 is 0 Å². The molecule has 0 spiro atoms. The van der Waals surface area contributed by atoms with Crippen LogP contribution in [0.5, 0.6) is 5.88 Å². The first-order valence-electron chi connectivity index (χ1n) is 7.19. The minimum Gasteiger partial charge on any atom is -0.481 e. The van der Waals surface area contributed by atoms with Crippen molar-refractivity contribution in [3.05, 3.63) is 23.0 Å². The summed E-state index contributed by atoms with van der Waals surface area (Å²) in [7, 11) is 1.61. The van der Waals surface area contributed by atoms with Gasteiger partial charge in [0.15, 0.2) is 0 Å². The van der Waals surface area contributed by atoms with Crippen LogP contribution in [0.15, 0.2) is 12.4 Å². The van der Waals surface area contributed by atoms with E-state index in [1.54, 1.807) is 18.4 Å². The Morgan fingerprint density at radius 2 is 2.14 bits per heavy atom. The molecule has 114 valence electrons. The molecule has 0 aromatic carbocycles. The van der Waals surface area contributed by atoms with E-state index >= 15 is 0 Å². The molecule has 2 aromatic heterocycles. The van der Waals surface area contributed by atoms with Crippen molar-refractivity contribution in [3.8, 4) is 16.6 Å². The summed E-state index contributed by atoms with van der Waals surface area (Å²) in [5.74, 6) is 1.15. The molecule has 5 nitrogen and oxygen atoms in total. The number of rotatable bonds is 7. The molecule has 0 amide bonds. The number of nitrogens with one attached hydrogen (secondary N) is 1. The van der Waals surface area contributed by atoms with Crippen LogP contribution in [0.4, 0.5) is 0 Å². The van der Waals surface area contributed by atoms with Gasteiger partial charge in [-0.3, -0.25) is 0 Å². The molecule has 0 atom stereocenters. The van der Waals surface area contributed by atoms with Crippen molar-refractivity contribution in [2.24, 2.45) is 5.92 Å². The summed E-state index contributed by atoms with van der Waals surface area (Å²) < 4.78 is 5.16. The highest BCUT2D eigenvalue weighted by atomic mass is 32.1. The van der Waals surface area contributed by atoms with E-state index in [-0.39, 0.29) is 0 Å². The molecule has 0 bridgehead atoms. The third kappa shape index (κ3) is 4.22. The van der Waals surface area contributed by atoms with Gasteiger partial charge in [-0.25, -0.2) is 15.0 Å². The maximum atomic E-state index is 5.16. The third-order valence-electron chi connectivity index (χ3n) is 2.99. The van der Waals surface area contributed by atoms with Crippen LogP contribution in [0.3, 0.4) is 0 Å². The van der Waals surface area contributed by atoms with E-state index in [0.717, 1.165) is 30.2 Å². The zero-order valence-electron chi connectivity index (χ0n) is 13.0. The molecule has 0 aliphatic rings. The van der Waals surface area contributed by atoms with Crippen molar-refractivity contribution in [1.82, 2.24) is 20.3 Å². The molecule has 0 aliphatic carbocycles. The summed E-state index contributed by atoms with van der Waals surface area (Å²) in [6.45, 7) is 8.35. The van der Waals surface area contributed by atoms with Gasteiger partial charge in [0.05, 0.1) is 12.8 Å². The second kappa shape index (κ2) is 7.47. The smallest absolute Gasteiger partial charge is 0.216 e. The fourth-order valence-electron chi connectivity index (χ4n) is 1.98. The summed E-state index contributed by atoms with van der Waals surface area (Å²) in [6.07, 6.45) is 2.50. The van der Waals surface area contributed by atoms with Crippen LogP contribution < -0.4 is 10.1 Å². The molecule has 2 heterocycles. The Bertz CT molecular complexity index is 583. The SMILES string of the molecule is CCNCc1sc(-c2cc(OC)ncn2)nc1CC(C)C. The van der Waals surface area contributed by atoms with Crippen molar-refractivity contribution in [3.63, 3.8) is 0 Å². The van der Waals surface area contributed by atoms with Crippen LogP contribution in [-0.4, -0.2) is 28.6 Å². The fraction of sp³-hybridized carbons (Fsp3) is 0.533. The van der Waals surface area contributed by atoms with Gasteiger partial charge in [-0.1, -0.05) is 20.8 Å². The molecular formula is C15H22N4OS. The highest BCUT2D eigenvalue weighted by molar-refractivity contribution is 7.15. The minimum absolute atomic E-state index is 0.564. The van der Waals surface area contributed by atoms with Crippen LogP contribution in [0.25, 0.3) is 10.7 Å². The van der Waals surface area contributed by atoms with Gasteiger partial charge in [0.1, 0.15) is 17.0 Å². The average Bonchev–Trinajstić information content (AvgIpc) is 2.87. The molecule has 0 aliphatic heterocycles. The van der Waals surface area contributed by atoms with Gasteiger partial charge >= 0.3 is 0 Å². The summed E-state index contributed by atoms with van der Waals surface area (Å²) >= 11 is 1.69. The summed E-state index contributed by atoms with van der Waals surface area (Å²) in [6, 6.07) is 1.83. The molecule has 1 N–H and O–H groups in total. The van der Waals surface area contributed by atoms with E-state index in [1.807, 2.05) is 6.07 Å². The lowest BCUT2D eigenvalue weighted by atomic mass is 10.1. The normalized spacial score (nSPS) is 11.1. The van der Waals surface area contributed by atoms with Crippen molar-refractivity contribution in [1.29, 1.82) is 0 Å². The first kappa shape index (κ1) is 15.9. The number of hydrogen-bond acceptors (Lipinski definition) is 6. The standard InChI is InChI=1S/C15H22N4OS/c1-5-16-8-13-11(6-10(2)3)19-15(21-13)12-7-14(20-4)18-9-17-12/h7,9-10,16H,5-6,8H2,1-4H3. The summed E-state index contributed by atoms with van der Waals surface area (Å²) in [5.41, 5.74) is 1.99. The largest absolute Gasteiger partial charge is 0.481 e. The Balaban J connectivity index is 2.32. The molecule has 21 heavy (non-hydrogen) atoms. The van der Waals surface area contributed by atoms with Gasteiger partial charge in [-0.2, -0.15) is 0 Å². The lowest BCUT2D eigenvalue weighted by Gasteiger charge is -2.04. The average molecular weight is 306 g/mol. The lowest BCUT2D eigenvalue weighted by Crippen LogP contribution is -2.12. The Morgan fingerprint density at radius 1 is 1.33 bits per heavy atom. The number of methoxy groups -OCH3 is 1. The molecule has 0 saturated heterocycles. The maximum absolute atomic E-state index is 5.16. The van der Waals surface area contributed by atoms with E-state index in [4.69, 9.17) is 9.72 Å². The van der Waals surface area contributed by atoms with Crippen molar-refractivity contribution >= 4 is 11.3 Å². The predicted molar refractivity (Wildman–Crippen MR) is 85.6 cm³/mol. The highest BCUT2D eigenvalue weighted by Gasteiger charge is 2.15. The van der Waals surface area contributed by atoms with Gasteiger partial charge in [-0.15, -0.1) is 11.3 Å². The molecule has 0 unspecified atom stereocenters. The third-order valence-corrected chi connectivity index (χ3v) is 4.11. The Kier molecular flexibility index (Phi) is 5.64. The Hall–Kier alpha value is -1.53. The molecule has 0 saturated carbocycles. The Labute approximate surface area is 129 Å². The number of nitrogens with zero attached hydrogens (tertiary/aromatic N) is 3. The second-order valence-electron chi connectivity index (χ2n) is 5.21. The van der Waals surface area contributed by atoms with E-state index in [0.29, 0.717) is 11.8 Å². The molecule has 2 aromatic rings. The monoisotopic (exact) mass is 306 g/mol. The van der Waals surface area contributed by atoms with Gasteiger partial charge in [0.2, 0.25) is 5.88 Å².